The lowest BCUT2D eigenvalue weighted by Crippen LogP contribution is -2.37. The highest BCUT2D eigenvalue weighted by atomic mass is 16.5. The monoisotopic (exact) mass is 233 g/mol. The average molecular weight is 233 g/mol. The molecule has 17 heavy (non-hydrogen) atoms. The Bertz CT molecular complexity index is 395. The number of carbonyl (C=O) groups excluding carboxylic acids is 1. The predicted molar refractivity (Wildman–Crippen MR) is 68.8 cm³/mol. The number of piperidine rings is 1. The van der Waals surface area contributed by atoms with Crippen molar-refractivity contribution in [2.45, 2.75) is 25.9 Å². The minimum Gasteiger partial charge on any atom is -0.381 e. The molecule has 2 rings (SSSR count). The van der Waals surface area contributed by atoms with Crippen molar-refractivity contribution >= 4 is 12.0 Å². The maximum Gasteiger partial charge on any atom is 0.152 e. The number of rotatable bonds is 3. The molecule has 1 aliphatic heterocycles. The van der Waals surface area contributed by atoms with Gasteiger partial charge < -0.3 is 9.64 Å². The summed E-state index contributed by atoms with van der Waals surface area (Å²) >= 11 is 0. The van der Waals surface area contributed by atoms with E-state index < -0.39 is 0 Å². The Morgan fingerprint density at radius 2 is 2.06 bits per heavy atom. The first-order valence-electron chi connectivity index (χ1n) is 6.08. The molecule has 0 amide bonds. The van der Waals surface area contributed by atoms with Gasteiger partial charge in [0.25, 0.3) is 0 Å². The van der Waals surface area contributed by atoms with E-state index in [1.165, 1.54) is 0 Å². The fourth-order valence-electron chi connectivity index (χ4n) is 2.39. The topological polar surface area (TPSA) is 29.5 Å². The number of hydrogen-bond donors (Lipinski definition) is 0. The molecule has 0 saturated carbocycles. The maximum atomic E-state index is 11.1. The minimum absolute atomic E-state index is 0.372. The zero-order valence-electron chi connectivity index (χ0n) is 10.5. The van der Waals surface area contributed by atoms with Gasteiger partial charge in [-0.1, -0.05) is 11.6 Å². The summed E-state index contributed by atoms with van der Waals surface area (Å²) in [5.74, 6) is 0. The van der Waals surface area contributed by atoms with Crippen molar-refractivity contribution in [3.63, 3.8) is 0 Å². The molecule has 0 radical (unpaired) electrons. The summed E-state index contributed by atoms with van der Waals surface area (Å²) in [7, 11) is 1.77. The number of benzene rings is 1. The summed E-state index contributed by atoms with van der Waals surface area (Å²) in [5.41, 5.74) is 2.98. The molecule has 1 aliphatic rings. The Labute approximate surface area is 102 Å². The SMILES string of the molecule is COC1CCN(c2ccc(C)cc2C=O)CC1. The Kier molecular flexibility index (Phi) is 3.79. The van der Waals surface area contributed by atoms with Crippen molar-refractivity contribution in [3.05, 3.63) is 29.3 Å². The summed E-state index contributed by atoms with van der Waals surface area (Å²) in [6.45, 7) is 3.93. The fraction of sp³-hybridized carbons (Fsp3) is 0.500. The van der Waals surface area contributed by atoms with Gasteiger partial charge in [-0.25, -0.2) is 0 Å². The van der Waals surface area contributed by atoms with Crippen molar-refractivity contribution in [2.75, 3.05) is 25.1 Å². The van der Waals surface area contributed by atoms with Crippen LogP contribution in [0.4, 0.5) is 5.69 Å². The third kappa shape index (κ3) is 2.67. The Morgan fingerprint density at radius 1 is 1.35 bits per heavy atom. The highest BCUT2D eigenvalue weighted by molar-refractivity contribution is 5.85. The van der Waals surface area contributed by atoms with Crippen molar-refractivity contribution in [1.29, 1.82) is 0 Å². The van der Waals surface area contributed by atoms with Crippen molar-refractivity contribution < 1.29 is 9.53 Å². The summed E-state index contributed by atoms with van der Waals surface area (Å²) in [4.78, 5) is 13.4. The van der Waals surface area contributed by atoms with E-state index in [1.807, 2.05) is 19.1 Å². The lowest BCUT2D eigenvalue weighted by atomic mass is 10.0. The third-order valence-electron chi connectivity index (χ3n) is 3.43. The van der Waals surface area contributed by atoms with Gasteiger partial charge in [-0.15, -0.1) is 0 Å². The number of aldehydes is 1. The van der Waals surface area contributed by atoms with Gasteiger partial charge in [0, 0.05) is 31.5 Å². The molecular weight excluding hydrogens is 214 g/mol. The van der Waals surface area contributed by atoms with E-state index in [4.69, 9.17) is 4.74 Å². The second-order valence-corrected chi connectivity index (χ2v) is 4.60. The van der Waals surface area contributed by atoms with Gasteiger partial charge in [0.15, 0.2) is 6.29 Å². The van der Waals surface area contributed by atoms with Crippen LogP contribution in [-0.2, 0) is 4.74 Å². The van der Waals surface area contributed by atoms with E-state index in [9.17, 15) is 4.79 Å². The van der Waals surface area contributed by atoms with Crippen LogP contribution in [0.2, 0.25) is 0 Å². The summed E-state index contributed by atoms with van der Waals surface area (Å²) < 4.78 is 5.35. The summed E-state index contributed by atoms with van der Waals surface area (Å²) in [6, 6.07) is 6.06. The molecule has 0 N–H and O–H groups in total. The lowest BCUT2D eigenvalue weighted by Gasteiger charge is -2.33. The van der Waals surface area contributed by atoms with E-state index >= 15 is 0 Å². The number of anilines is 1. The van der Waals surface area contributed by atoms with Gasteiger partial charge in [0.1, 0.15) is 0 Å². The van der Waals surface area contributed by atoms with Crippen molar-refractivity contribution in [3.8, 4) is 0 Å². The number of ether oxygens (including phenoxy) is 1. The quantitative estimate of drug-likeness (QED) is 0.751. The van der Waals surface area contributed by atoms with Crippen LogP contribution in [-0.4, -0.2) is 32.6 Å². The molecule has 0 unspecified atom stereocenters. The molecular formula is C14H19NO2. The first-order valence-corrected chi connectivity index (χ1v) is 6.08. The largest absolute Gasteiger partial charge is 0.381 e. The smallest absolute Gasteiger partial charge is 0.152 e. The summed E-state index contributed by atoms with van der Waals surface area (Å²) in [5, 5.41) is 0. The second-order valence-electron chi connectivity index (χ2n) is 4.60. The van der Waals surface area contributed by atoms with Crippen LogP contribution in [0.1, 0.15) is 28.8 Å². The first kappa shape index (κ1) is 12.1. The number of carbonyl (C=O) groups is 1. The van der Waals surface area contributed by atoms with Gasteiger partial charge in [-0.05, 0) is 31.9 Å². The van der Waals surface area contributed by atoms with Gasteiger partial charge in [-0.2, -0.15) is 0 Å². The van der Waals surface area contributed by atoms with E-state index in [0.717, 1.165) is 49.0 Å². The number of hydrogen-bond acceptors (Lipinski definition) is 3. The molecule has 0 atom stereocenters. The number of methoxy groups -OCH3 is 1. The lowest BCUT2D eigenvalue weighted by molar-refractivity contribution is 0.0819. The normalized spacial score (nSPS) is 17.2. The third-order valence-corrected chi connectivity index (χ3v) is 3.43. The molecule has 1 aromatic rings. The molecule has 3 heteroatoms. The molecule has 1 fully saturated rings. The van der Waals surface area contributed by atoms with Gasteiger partial charge in [-0.3, -0.25) is 4.79 Å². The summed E-state index contributed by atoms with van der Waals surface area (Å²) in [6.07, 6.45) is 3.38. The van der Waals surface area contributed by atoms with E-state index in [2.05, 4.69) is 11.0 Å². The van der Waals surface area contributed by atoms with Crippen LogP contribution in [0.3, 0.4) is 0 Å². The number of nitrogens with zero attached hydrogens (tertiary/aromatic N) is 1. The minimum atomic E-state index is 0.372. The fourth-order valence-corrected chi connectivity index (χ4v) is 2.39. The van der Waals surface area contributed by atoms with Gasteiger partial charge in [0.05, 0.1) is 6.10 Å². The maximum absolute atomic E-state index is 11.1. The molecule has 0 aromatic heterocycles. The molecule has 1 aromatic carbocycles. The second kappa shape index (κ2) is 5.32. The Hall–Kier alpha value is -1.35. The molecule has 0 bridgehead atoms. The van der Waals surface area contributed by atoms with E-state index in [1.54, 1.807) is 7.11 Å². The zero-order chi connectivity index (χ0) is 12.3. The zero-order valence-corrected chi connectivity index (χ0v) is 10.5. The van der Waals surface area contributed by atoms with Crippen LogP contribution < -0.4 is 4.90 Å². The van der Waals surface area contributed by atoms with Crippen molar-refractivity contribution in [1.82, 2.24) is 0 Å². The Morgan fingerprint density at radius 3 is 2.65 bits per heavy atom. The molecule has 0 aliphatic carbocycles. The highest BCUT2D eigenvalue weighted by Crippen LogP contribution is 2.24. The van der Waals surface area contributed by atoms with Crippen LogP contribution in [0.5, 0.6) is 0 Å². The van der Waals surface area contributed by atoms with Crippen molar-refractivity contribution in [2.24, 2.45) is 0 Å². The first-order chi connectivity index (χ1) is 8.24. The van der Waals surface area contributed by atoms with E-state index in [0.29, 0.717) is 6.10 Å². The standard InChI is InChI=1S/C14H19NO2/c1-11-3-4-14(12(9-11)10-16)15-7-5-13(17-2)6-8-15/h3-4,9-10,13H,5-8H2,1-2H3. The highest BCUT2D eigenvalue weighted by Gasteiger charge is 2.20. The molecule has 3 nitrogen and oxygen atoms in total. The Balaban J connectivity index is 2.15. The molecule has 92 valence electrons. The van der Waals surface area contributed by atoms with Gasteiger partial charge >= 0.3 is 0 Å². The number of aryl methyl sites for hydroxylation is 1. The van der Waals surface area contributed by atoms with Crippen LogP contribution in [0.25, 0.3) is 0 Å². The van der Waals surface area contributed by atoms with Gasteiger partial charge in [0.2, 0.25) is 0 Å². The van der Waals surface area contributed by atoms with Crippen LogP contribution in [0, 0.1) is 6.92 Å². The van der Waals surface area contributed by atoms with E-state index in [-0.39, 0.29) is 0 Å². The van der Waals surface area contributed by atoms with Crippen LogP contribution in [0.15, 0.2) is 18.2 Å². The average Bonchev–Trinajstić information content (AvgIpc) is 2.39. The van der Waals surface area contributed by atoms with Crippen LogP contribution >= 0.6 is 0 Å². The molecule has 0 spiro atoms. The predicted octanol–water partition coefficient (Wildman–Crippen LogP) is 2.42. The molecule has 1 saturated heterocycles. The molecule has 1 heterocycles.